The molecule has 3 rings (SSSR count). The number of halogens is 2. The summed E-state index contributed by atoms with van der Waals surface area (Å²) in [7, 11) is 0. The monoisotopic (exact) mass is 268 g/mol. The van der Waals surface area contributed by atoms with Gasteiger partial charge in [0, 0.05) is 28.4 Å². The van der Waals surface area contributed by atoms with Crippen molar-refractivity contribution in [2.75, 3.05) is 0 Å². The molecule has 0 unspecified atom stereocenters. The van der Waals surface area contributed by atoms with E-state index in [0.717, 1.165) is 16.2 Å². The fourth-order valence-electron chi connectivity index (χ4n) is 1.55. The molecule has 80 valence electrons. The van der Waals surface area contributed by atoms with Crippen LogP contribution in [-0.4, -0.2) is 9.38 Å². The van der Waals surface area contributed by atoms with Gasteiger partial charge in [-0.2, -0.15) is 0 Å². The summed E-state index contributed by atoms with van der Waals surface area (Å²) in [6.07, 6.45) is 3.92. The van der Waals surface area contributed by atoms with Crippen LogP contribution in [0, 0.1) is 0 Å². The zero-order valence-corrected chi connectivity index (χ0v) is 10.4. The summed E-state index contributed by atoms with van der Waals surface area (Å²) in [6, 6.07) is 5.38. The Morgan fingerprint density at radius 3 is 2.94 bits per heavy atom. The standard InChI is InChI=1S/C11H6Cl2N2S/c12-7-1-2-9(13)8(5-7)10-6-15-3-4-16-11(15)14-10/h1-6H. The molecule has 0 bridgehead atoms. The minimum Gasteiger partial charge on any atom is -0.297 e. The first-order chi connectivity index (χ1) is 7.74. The molecule has 2 heterocycles. The average Bonchev–Trinajstić information content (AvgIpc) is 2.81. The van der Waals surface area contributed by atoms with Crippen LogP contribution >= 0.6 is 34.5 Å². The van der Waals surface area contributed by atoms with E-state index in [1.54, 1.807) is 23.5 Å². The normalized spacial score (nSPS) is 11.1. The fraction of sp³-hybridized carbons (Fsp3) is 0. The van der Waals surface area contributed by atoms with Crippen LogP contribution < -0.4 is 0 Å². The van der Waals surface area contributed by atoms with E-state index < -0.39 is 0 Å². The Bertz CT molecular complexity index is 628. The molecule has 0 saturated heterocycles. The quantitative estimate of drug-likeness (QED) is 0.641. The lowest BCUT2D eigenvalue weighted by Crippen LogP contribution is -1.79. The molecule has 0 amide bonds. The second kappa shape index (κ2) is 3.77. The van der Waals surface area contributed by atoms with Gasteiger partial charge in [0.1, 0.15) is 0 Å². The number of hydrogen-bond donors (Lipinski definition) is 0. The van der Waals surface area contributed by atoms with Gasteiger partial charge in [-0.25, -0.2) is 4.98 Å². The summed E-state index contributed by atoms with van der Waals surface area (Å²) in [5.41, 5.74) is 1.71. The molecular formula is C11H6Cl2N2S. The lowest BCUT2D eigenvalue weighted by atomic mass is 10.2. The van der Waals surface area contributed by atoms with Crippen molar-refractivity contribution in [1.29, 1.82) is 0 Å². The van der Waals surface area contributed by atoms with Gasteiger partial charge in [0.2, 0.25) is 0 Å². The number of aromatic nitrogens is 2. The summed E-state index contributed by atoms with van der Waals surface area (Å²) in [4.78, 5) is 5.43. The molecule has 0 N–H and O–H groups in total. The molecule has 0 atom stereocenters. The van der Waals surface area contributed by atoms with E-state index in [1.807, 2.05) is 28.2 Å². The van der Waals surface area contributed by atoms with Crippen molar-refractivity contribution < 1.29 is 0 Å². The highest BCUT2D eigenvalue weighted by Crippen LogP contribution is 2.30. The van der Waals surface area contributed by atoms with Crippen molar-refractivity contribution in [2.24, 2.45) is 0 Å². The first-order valence-corrected chi connectivity index (χ1v) is 6.25. The van der Waals surface area contributed by atoms with Crippen molar-refractivity contribution in [3.63, 3.8) is 0 Å². The van der Waals surface area contributed by atoms with Gasteiger partial charge in [0.05, 0.1) is 10.7 Å². The van der Waals surface area contributed by atoms with Crippen LogP contribution in [-0.2, 0) is 0 Å². The molecule has 1 aromatic carbocycles. The molecule has 2 nitrogen and oxygen atoms in total. The lowest BCUT2D eigenvalue weighted by Gasteiger charge is -2.00. The second-order valence-corrected chi connectivity index (χ2v) is 5.06. The van der Waals surface area contributed by atoms with Crippen molar-refractivity contribution in [2.45, 2.75) is 0 Å². The van der Waals surface area contributed by atoms with Gasteiger partial charge in [-0.15, -0.1) is 11.3 Å². The third-order valence-corrected chi connectivity index (χ3v) is 3.63. The number of hydrogen-bond acceptors (Lipinski definition) is 2. The van der Waals surface area contributed by atoms with E-state index in [-0.39, 0.29) is 0 Å². The van der Waals surface area contributed by atoms with E-state index in [1.165, 1.54) is 0 Å². The zero-order valence-electron chi connectivity index (χ0n) is 8.02. The maximum atomic E-state index is 6.12. The van der Waals surface area contributed by atoms with Crippen LogP contribution in [0.15, 0.2) is 36.0 Å². The van der Waals surface area contributed by atoms with Crippen molar-refractivity contribution in [3.8, 4) is 11.3 Å². The Balaban J connectivity index is 2.22. The van der Waals surface area contributed by atoms with Crippen molar-refractivity contribution >= 4 is 39.5 Å². The van der Waals surface area contributed by atoms with Gasteiger partial charge in [0.25, 0.3) is 0 Å². The van der Waals surface area contributed by atoms with E-state index >= 15 is 0 Å². The first kappa shape index (κ1) is 10.1. The van der Waals surface area contributed by atoms with Crippen LogP contribution in [0.5, 0.6) is 0 Å². The third kappa shape index (κ3) is 1.61. The van der Waals surface area contributed by atoms with E-state index in [4.69, 9.17) is 23.2 Å². The number of imidazole rings is 1. The van der Waals surface area contributed by atoms with Crippen molar-refractivity contribution in [1.82, 2.24) is 9.38 Å². The predicted octanol–water partition coefficient (Wildman–Crippen LogP) is 4.37. The zero-order chi connectivity index (χ0) is 11.1. The minimum absolute atomic E-state index is 0.662. The number of benzene rings is 1. The van der Waals surface area contributed by atoms with E-state index in [2.05, 4.69) is 4.98 Å². The van der Waals surface area contributed by atoms with Crippen molar-refractivity contribution in [3.05, 3.63) is 46.0 Å². The highest BCUT2D eigenvalue weighted by Gasteiger charge is 2.09. The molecular weight excluding hydrogens is 263 g/mol. The highest BCUT2D eigenvalue weighted by atomic mass is 35.5. The van der Waals surface area contributed by atoms with Crippen LogP contribution in [0.1, 0.15) is 0 Å². The highest BCUT2D eigenvalue weighted by molar-refractivity contribution is 7.15. The lowest BCUT2D eigenvalue weighted by molar-refractivity contribution is 1.23. The van der Waals surface area contributed by atoms with E-state index in [0.29, 0.717) is 10.0 Å². The molecule has 0 saturated carbocycles. The van der Waals surface area contributed by atoms with Crippen LogP contribution in [0.4, 0.5) is 0 Å². The number of nitrogens with zero attached hydrogens (tertiary/aromatic N) is 2. The maximum Gasteiger partial charge on any atom is 0.194 e. The fourth-order valence-corrected chi connectivity index (χ4v) is 2.64. The Morgan fingerprint density at radius 2 is 2.12 bits per heavy atom. The Hall–Kier alpha value is -1.03. The van der Waals surface area contributed by atoms with Crippen LogP contribution in [0.25, 0.3) is 16.2 Å². The summed E-state index contributed by atoms with van der Waals surface area (Å²) in [5.74, 6) is 0. The predicted molar refractivity (Wildman–Crippen MR) is 68.5 cm³/mol. The smallest absolute Gasteiger partial charge is 0.194 e. The third-order valence-electron chi connectivity index (χ3n) is 2.30. The molecule has 0 radical (unpaired) electrons. The SMILES string of the molecule is Clc1ccc(Cl)c(-c2cn3ccsc3n2)c1. The van der Waals surface area contributed by atoms with Gasteiger partial charge in [-0.05, 0) is 18.2 Å². The summed E-state index contributed by atoms with van der Waals surface area (Å²) < 4.78 is 1.97. The molecule has 3 aromatic rings. The molecule has 0 fully saturated rings. The molecule has 0 aliphatic carbocycles. The summed E-state index contributed by atoms with van der Waals surface area (Å²) >= 11 is 13.7. The number of rotatable bonds is 1. The van der Waals surface area contributed by atoms with E-state index in [9.17, 15) is 0 Å². The number of thiazole rings is 1. The molecule has 0 spiro atoms. The Kier molecular flexibility index (Phi) is 2.39. The first-order valence-electron chi connectivity index (χ1n) is 4.62. The topological polar surface area (TPSA) is 17.3 Å². The Labute approximate surface area is 106 Å². The summed E-state index contributed by atoms with van der Waals surface area (Å²) in [5, 5.41) is 3.32. The van der Waals surface area contributed by atoms with Gasteiger partial charge in [-0.1, -0.05) is 23.2 Å². The molecule has 0 aliphatic rings. The number of fused-ring (bicyclic) bond motifs is 1. The summed E-state index contributed by atoms with van der Waals surface area (Å²) in [6.45, 7) is 0. The largest absolute Gasteiger partial charge is 0.297 e. The minimum atomic E-state index is 0.662. The average molecular weight is 269 g/mol. The maximum absolute atomic E-state index is 6.12. The Morgan fingerprint density at radius 1 is 1.25 bits per heavy atom. The van der Waals surface area contributed by atoms with Crippen LogP contribution in [0.2, 0.25) is 10.0 Å². The second-order valence-electron chi connectivity index (χ2n) is 3.34. The van der Waals surface area contributed by atoms with Gasteiger partial charge in [-0.3, -0.25) is 4.40 Å². The molecule has 2 aromatic heterocycles. The van der Waals surface area contributed by atoms with Gasteiger partial charge >= 0.3 is 0 Å². The van der Waals surface area contributed by atoms with Gasteiger partial charge < -0.3 is 0 Å². The molecule has 0 aliphatic heterocycles. The molecule has 5 heteroatoms. The van der Waals surface area contributed by atoms with Gasteiger partial charge in [0.15, 0.2) is 4.96 Å². The van der Waals surface area contributed by atoms with Crippen LogP contribution in [0.3, 0.4) is 0 Å². The molecule has 16 heavy (non-hydrogen) atoms.